The van der Waals surface area contributed by atoms with E-state index in [9.17, 15) is 14.4 Å². The van der Waals surface area contributed by atoms with E-state index in [0.717, 1.165) is 11.1 Å². The maximum atomic E-state index is 12.1. The predicted molar refractivity (Wildman–Crippen MR) is 99.0 cm³/mol. The van der Waals surface area contributed by atoms with E-state index in [4.69, 9.17) is 9.84 Å². The summed E-state index contributed by atoms with van der Waals surface area (Å²) in [5.41, 5.74) is 2.87. The number of amides is 3. The van der Waals surface area contributed by atoms with Crippen LogP contribution in [0, 0.1) is 0 Å². The van der Waals surface area contributed by atoms with Crippen LogP contribution in [-0.4, -0.2) is 66.8 Å². The number of hydrogen-bond acceptors (Lipinski definition) is 5. The minimum atomic E-state index is -0.469. The number of nitrogens with one attached hydrogen (secondary N) is 1. The van der Waals surface area contributed by atoms with Crippen LogP contribution >= 0.6 is 0 Å². The monoisotopic (exact) mass is 373 g/mol. The van der Waals surface area contributed by atoms with E-state index < -0.39 is 12.7 Å². The molecule has 144 valence electrons. The Morgan fingerprint density at radius 2 is 2.04 bits per heavy atom. The summed E-state index contributed by atoms with van der Waals surface area (Å²) >= 11 is 0. The van der Waals surface area contributed by atoms with Crippen molar-refractivity contribution in [3.63, 3.8) is 0 Å². The molecule has 0 aromatic heterocycles. The van der Waals surface area contributed by atoms with Crippen LogP contribution in [0.15, 0.2) is 30.3 Å². The third-order valence-electron chi connectivity index (χ3n) is 4.76. The quantitative estimate of drug-likeness (QED) is 0.794. The van der Waals surface area contributed by atoms with E-state index in [2.05, 4.69) is 5.32 Å². The van der Waals surface area contributed by atoms with Crippen molar-refractivity contribution in [1.29, 1.82) is 0 Å². The smallest absolute Gasteiger partial charge is 0.414 e. The average Bonchev–Trinajstić information content (AvgIpc) is 3.06. The molecule has 8 heteroatoms. The largest absolute Gasteiger partial charge is 0.447 e. The standard InChI is InChI=1S/C19H23N3O5/c1-13(24)20-10-17-12-27-19(26)22(17)16-4-2-14(3-5-16)15-6-8-21(9-7-15)18(25)11-23/h2-6,17,23H,7-12H2,1H3,(H,20,24)/t17-/m0/s1. The Morgan fingerprint density at radius 1 is 1.30 bits per heavy atom. The number of benzene rings is 1. The third-order valence-corrected chi connectivity index (χ3v) is 4.76. The number of carbonyl (C=O) groups excluding carboxylic acids is 3. The number of nitrogens with zero attached hydrogens (tertiary/aromatic N) is 2. The average molecular weight is 373 g/mol. The second-order valence-electron chi connectivity index (χ2n) is 6.56. The van der Waals surface area contributed by atoms with Gasteiger partial charge in [0.25, 0.3) is 0 Å². The highest BCUT2D eigenvalue weighted by Gasteiger charge is 2.34. The molecular formula is C19H23N3O5. The molecule has 0 spiro atoms. The summed E-state index contributed by atoms with van der Waals surface area (Å²) in [6.07, 6.45) is 2.27. The fourth-order valence-electron chi connectivity index (χ4n) is 3.28. The van der Waals surface area contributed by atoms with Gasteiger partial charge < -0.3 is 20.1 Å². The van der Waals surface area contributed by atoms with Crippen molar-refractivity contribution >= 4 is 29.2 Å². The number of rotatable bonds is 5. The van der Waals surface area contributed by atoms with Gasteiger partial charge in [0, 0.05) is 32.2 Å². The molecule has 2 aliphatic heterocycles. The first kappa shape index (κ1) is 18.9. The van der Waals surface area contributed by atoms with Gasteiger partial charge in [0.2, 0.25) is 11.8 Å². The Bertz CT molecular complexity index is 759. The highest BCUT2D eigenvalue weighted by atomic mass is 16.6. The molecule has 0 radical (unpaired) electrons. The number of carbonyl (C=O) groups is 3. The number of ether oxygens (including phenoxy) is 1. The lowest BCUT2D eigenvalue weighted by molar-refractivity contribution is -0.133. The molecule has 1 fully saturated rings. The Balaban J connectivity index is 1.69. The van der Waals surface area contributed by atoms with Crippen LogP contribution in [0.5, 0.6) is 0 Å². The molecule has 1 saturated heterocycles. The molecule has 3 amide bonds. The highest BCUT2D eigenvalue weighted by molar-refractivity contribution is 5.91. The molecule has 27 heavy (non-hydrogen) atoms. The van der Waals surface area contributed by atoms with Crippen molar-refractivity contribution in [2.24, 2.45) is 0 Å². The predicted octanol–water partition coefficient (Wildman–Crippen LogP) is 0.756. The van der Waals surface area contributed by atoms with Gasteiger partial charge >= 0.3 is 6.09 Å². The summed E-state index contributed by atoms with van der Waals surface area (Å²) in [6.45, 7) is 2.59. The summed E-state index contributed by atoms with van der Waals surface area (Å²) in [7, 11) is 0. The second-order valence-corrected chi connectivity index (χ2v) is 6.56. The van der Waals surface area contributed by atoms with Crippen molar-refractivity contribution in [3.05, 3.63) is 35.9 Å². The molecule has 2 N–H and O–H groups in total. The van der Waals surface area contributed by atoms with Crippen LogP contribution in [0.2, 0.25) is 0 Å². The summed E-state index contributed by atoms with van der Waals surface area (Å²) in [5.74, 6) is -0.416. The highest BCUT2D eigenvalue weighted by Crippen LogP contribution is 2.27. The Hall–Kier alpha value is -2.87. The van der Waals surface area contributed by atoms with E-state index in [-0.39, 0.29) is 24.5 Å². The summed E-state index contributed by atoms with van der Waals surface area (Å²) < 4.78 is 5.12. The van der Waals surface area contributed by atoms with Gasteiger partial charge in [-0.2, -0.15) is 0 Å². The Kier molecular flexibility index (Phi) is 5.75. The summed E-state index contributed by atoms with van der Waals surface area (Å²) in [6, 6.07) is 7.35. The van der Waals surface area contributed by atoms with E-state index in [1.165, 1.54) is 6.92 Å². The van der Waals surface area contributed by atoms with Crippen LogP contribution in [0.3, 0.4) is 0 Å². The fraction of sp³-hybridized carbons (Fsp3) is 0.421. The minimum absolute atomic E-state index is 0.150. The normalized spacial score (nSPS) is 19.6. The molecule has 0 bridgehead atoms. The first-order valence-electron chi connectivity index (χ1n) is 8.88. The number of anilines is 1. The molecule has 1 aromatic carbocycles. The topological polar surface area (TPSA) is 99.2 Å². The van der Waals surface area contributed by atoms with E-state index in [0.29, 0.717) is 31.7 Å². The van der Waals surface area contributed by atoms with Crippen molar-refractivity contribution < 1.29 is 24.2 Å². The lowest BCUT2D eigenvalue weighted by Crippen LogP contribution is -2.42. The minimum Gasteiger partial charge on any atom is -0.447 e. The molecule has 3 rings (SSSR count). The molecule has 0 unspecified atom stereocenters. The molecule has 0 saturated carbocycles. The SMILES string of the molecule is CC(=O)NC[C@H]1COC(=O)N1c1ccc(C2=CCN(C(=O)CO)CC2)cc1. The maximum Gasteiger partial charge on any atom is 0.414 e. The zero-order valence-electron chi connectivity index (χ0n) is 15.2. The molecule has 1 aromatic rings. The van der Waals surface area contributed by atoms with E-state index in [1.807, 2.05) is 30.3 Å². The lowest BCUT2D eigenvalue weighted by atomic mass is 9.99. The van der Waals surface area contributed by atoms with Crippen LogP contribution in [0.25, 0.3) is 5.57 Å². The van der Waals surface area contributed by atoms with Gasteiger partial charge in [-0.3, -0.25) is 14.5 Å². The van der Waals surface area contributed by atoms with Gasteiger partial charge in [-0.25, -0.2) is 4.79 Å². The van der Waals surface area contributed by atoms with Gasteiger partial charge in [0.15, 0.2) is 0 Å². The van der Waals surface area contributed by atoms with Crippen LogP contribution in [0.1, 0.15) is 18.9 Å². The lowest BCUT2D eigenvalue weighted by Gasteiger charge is -2.26. The first-order chi connectivity index (χ1) is 13.0. The van der Waals surface area contributed by atoms with E-state index >= 15 is 0 Å². The van der Waals surface area contributed by atoms with Crippen molar-refractivity contribution in [1.82, 2.24) is 10.2 Å². The van der Waals surface area contributed by atoms with Crippen molar-refractivity contribution in [2.45, 2.75) is 19.4 Å². The Morgan fingerprint density at radius 3 is 2.63 bits per heavy atom. The Labute approximate surface area is 157 Å². The summed E-state index contributed by atoms with van der Waals surface area (Å²) in [5, 5.41) is 11.7. The molecule has 2 aliphatic rings. The second kappa shape index (κ2) is 8.22. The van der Waals surface area contributed by atoms with Crippen molar-refractivity contribution in [3.8, 4) is 0 Å². The molecule has 2 heterocycles. The first-order valence-corrected chi connectivity index (χ1v) is 8.88. The molecule has 1 atom stereocenters. The zero-order valence-corrected chi connectivity index (χ0v) is 15.2. The van der Waals surface area contributed by atoms with Crippen LogP contribution < -0.4 is 10.2 Å². The molecule has 0 aliphatic carbocycles. The number of hydrogen-bond donors (Lipinski definition) is 2. The van der Waals surface area contributed by atoms with Gasteiger partial charge in [-0.15, -0.1) is 0 Å². The summed E-state index contributed by atoms with van der Waals surface area (Å²) in [4.78, 5) is 37.9. The zero-order chi connectivity index (χ0) is 19.4. The van der Waals surface area contributed by atoms with Gasteiger partial charge in [0.1, 0.15) is 13.2 Å². The van der Waals surface area contributed by atoms with Gasteiger partial charge in [-0.05, 0) is 29.7 Å². The van der Waals surface area contributed by atoms with Gasteiger partial charge in [-0.1, -0.05) is 18.2 Å². The number of aliphatic hydroxyl groups is 1. The number of cyclic esters (lactones) is 1. The fourth-order valence-corrected chi connectivity index (χ4v) is 3.28. The van der Waals surface area contributed by atoms with Gasteiger partial charge in [0.05, 0.1) is 6.04 Å². The third kappa shape index (κ3) is 4.28. The maximum absolute atomic E-state index is 12.1. The van der Waals surface area contributed by atoms with Crippen LogP contribution in [0.4, 0.5) is 10.5 Å². The van der Waals surface area contributed by atoms with Crippen molar-refractivity contribution in [2.75, 3.05) is 37.7 Å². The number of aliphatic hydroxyl groups excluding tert-OH is 1. The molecular weight excluding hydrogens is 350 g/mol. The van der Waals surface area contributed by atoms with Crippen LogP contribution in [-0.2, 0) is 14.3 Å². The van der Waals surface area contributed by atoms with E-state index in [1.54, 1.807) is 9.80 Å². The molecule has 8 nitrogen and oxygen atoms in total.